The largest absolute Gasteiger partial charge is 0.480 e. The molecule has 0 spiro atoms. The Morgan fingerprint density at radius 2 is 1.95 bits per heavy atom. The summed E-state index contributed by atoms with van der Waals surface area (Å²) >= 11 is 1.54. The highest BCUT2D eigenvalue weighted by molar-refractivity contribution is 7.98. The molecule has 21 heavy (non-hydrogen) atoms. The van der Waals surface area contributed by atoms with Crippen LogP contribution >= 0.6 is 11.8 Å². The Bertz CT molecular complexity index is 453. The number of carbonyl (C=O) groups is 2. The van der Waals surface area contributed by atoms with Crippen LogP contribution in [0.15, 0.2) is 30.3 Å². The summed E-state index contributed by atoms with van der Waals surface area (Å²) in [5, 5.41) is 11.6. The number of carbonyl (C=O) groups excluding carboxylic acids is 1. The third-order valence-corrected chi connectivity index (χ3v) is 3.79. The van der Waals surface area contributed by atoms with Crippen LogP contribution in [0.25, 0.3) is 0 Å². The van der Waals surface area contributed by atoms with Crippen LogP contribution in [0.3, 0.4) is 0 Å². The molecule has 1 aromatic rings. The van der Waals surface area contributed by atoms with E-state index in [4.69, 9.17) is 10.8 Å². The van der Waals surface area contributed by atoms with Crippen LogP contribution < -0.4 is 11.1 Å². The van der Waals surface area contributed by atoms with Gasteiger partial charge in [-0.15, -0.1) is 0 Å². The van der Waals surface area contributed by atoms with Gasteiger partial charge < -0.3 is 16.2 Å². The van der Waals surface area contributed by atoms with Crippen LogP contribution in [0.4, 0.5) is 0 Å². The molecular weight excluding hydrogens is 288 g/mol. The SMILES string of the molecule is CSCCC(NC(=O)C(N)CCc1ccccc1)C(=O)O. The highest BCUT2D eigenvalue weighted by atomic mass is 32.2. The normalized spacial score (nSPS) is 13.4. The van der Waals surface area contributed by atoms with Gasteiger partial charge in [0.2, 0.25) is 5.91 Å². The van der Waals surface area contributed by atoms with Crippen molar-refractivity contribution in [1.29, 1.82) is 0 Å². The van der Waals surface area contributed by atoms with Gasteiger partial charge in [-0.1, -0.05) is 30.3 Å². The second-order valence-corrected chi connectivity index (χ2v) is 5.80. The quantitative estimate of drug-likeness (QED) is 0.639. The zero-order chi connectivity index (χ0) is 15.7. The number of nitrogens with two attached hydrogens (primary N) is 1. The number of carboxylic acid groups (broad SMARTS) is 1. The number of nitrogens with one attached hydrogen (secondary N) is 1. The van der Waals surface area contributed by atoms with Crippen molar-refractivity contribution in [3.05, 3.63) is 35.9 Å². The van der Waals surface area contributed by atoms with Gasteiger partial charge in [0.05, 0.1) is 6.04 Å². The molecule has 0 saturated carbocycles. The van der Waals surface area contributed by atoms with Crippen LogP contribution in [0.5, 0.6) is 0 Å². The number of aryl methyl sites for hydroxylation is 1. The number of aliphatic carboxylic acids is 1. The number of carboxylic acids is 1. The minimum Gasteiger partial charge on any atom is -0.480 e. The molecule has 0 aromatic heterocycles. The van der Waals surface area contributed by atoms with E-state index in [2.05, 4.69) is 5.32 Å². The molecule has 0 bridgehead atoms. The van der Waals surface area contributed by atoms with Crippen molar-refractivity contribution in [2.45, 2.75) is 31.3 Å². The molecule has 0 fully saturated rings. The van der Waals surface area contributed by atoms with Gasteiger partial charge in [0.1, 0.15) is 6.04 Å². The Balaban J connectivity index is 2.43. The van der Waals surface area contributed by atoms with Crippen molar-refractivity contribution in [1.82, 2.24) is 5.32 Å². The van der Waals surface area contributed by atoms with Crippen LogP contribution in [0.2, 0.25) is 0 Å². The molecule has 1 amide bonds. The molecule has 6 heteroatoms. The van der Waals surface area contributed by atoms with Gasteiger partial charge in [-0.2, -0.15) is 11.8 Å². The lowest BCUT2D eigenvalue weighted by Gasteiger charge is -2.17. The van der Waals surface area contributed by atoms with Crippen molar-refractivity contribution < 1.29 is 14.7 Å². The van der Waals surface area contributed by atoms with Gasteiger partial charge >= 0.3 is 5.97 Å². The van der Waals surface area contributed by atoms with Gasteiger partial charge in [-0.25, -0.2) is 4.79 Å². The summed E-state index contributed by atoms with van der Waals surface area (Å²) in [6, 6.07) is 8.19. The molecule has 116 valence electrons. The number of rotatable bonds is 9. The van der Waals surface area contributed by atoms with Crippen LogP contribution in [-0.2, 0) is 16.0 Å². The topological polar surface area (TPSA) is 92.4 Å². The molecule has 0 aliphatic carbocycles. The van der Waals surface area contributed by atoms with Gasteiger partial charge in [-0.05, 0) is 36.8 Å². The third kappa shape index (κ3) is 6.64. The number of hydrogen-bond donors (Lipinski definition) is 3. The number of hydrogen-bond acceptors (Lipinski definition) is 4. The predicted molar refractivity (Wildman–Crippen MR) is 85.3 cm³/mol. The van der Waals surface area contributed by atoms with Crippen molar-refractivity contribution in [2.75, 3.05) is 12.0 Å². The van der Waals surface area contributed by atoms with Gasteiger partial charge in [0.25, 0.3) is 0 Å². The van der Waals surface area contributed by atoms with E-state index >= 15 is 0 Å². The predicted octanol–water partition coefficient (Wildman–Crippen LogP) is 1.27. The molecule has 4 N–H and O–H groups in total. The summed E-state index contributed by atoms with van der Waals surface area (Å²) in [6.45, 7) is 0. The first-order valence-electron chi connectivity index (χ1n) is 6.86. The van der Waals surface area contributed by atoms with E-state index in [-0.39, 0.29) is 0 Å². The average Bonchev–Trinajstić information content (AvgIpc) is 2.49. The summed E-state index contributed by atoms with van der Waals surface area (Å²) in [4.78, 5) is 23.0. The minimum absolute atomic E-state index is 0.396. The van der Waals surface area contributed by atoms with Crippen molar-refractivity contribution in [3.63, 3.8) is 0 Å². The molecule has 0 heterocycles. The minimum atomic E-state index is -1.02. The number of thioether (sulfide) groups is 1. The first kappa shape index (κ1) is 17.5. The second-order valence-electron chi connectivity index (χ2n) is 4.81. The maximum Gasteiger partial charge on any atom is 0.326 e. The molecule has 0 aliphatic rings. The van der Waals surface area contributed by atoms with Gasteiger partial charge in [-0.3, -0.25) is 4.79 Å². The van der Waals surface area contributed by atoms with E-state index < -0.39 is 24.0 Å². The maximum absolute atomic E-state index is 11.9. The maximum atomic E-state index is 11.9. The Morgan fingerprint density at radius 1 is 1.29 bits per heavy atom. The lowest BCUT2D eigenvalue weighted by Crippen LogP contribution is -2.48. The van der Waals surface area contributed by atoms with Gasteiger partial charge in [0.15, 0.2) is 0 Å². The van der Waals surface area contributed by atoms with Gasteiger partial charge in [0, 0.05) is 0 Å². The summed E-state index contributed by atoms with van der Waals surface area (Å²) in [5.74, 6) is -0.747. The fourth-order valence-corrected chi connectivity index (χ4v) is 2.34. The summed E-state index contributed by atoms with van der Waals surface area (Å²) < 4.78 is 0. The first-order valence-corrected chi connectivity index (χ1v) is 8.25. The Kier molecular flexibility index (Phi) is 7.85. The second kappa shape index (κ2) is 9.41. The Morgan fingerprint density at radius 3 is 2.52 bits per heavy atom. The van der Waals surface area contributed by atoms with Crippen LogP contribution in [-0.4, -0.2) is 41.1 Å². The highest BCUT2D eigenvalue weighted by Crippen LogP contribution is 2.05. The van der Waals surface area contributed by atoms with Crippen LogP contribution in [0, 0.1) is 0 Å². The smallest absolute Gasteiger partial charge is 0.326 e. The van der Waals surface area contributed by atoms with E-state index in [9.17, 15) is 9.59 Å². The first-order chi connectivity index (χ1) is 10.0. The third-order valence-electron chi connectivity index (χ3n) is 3.15. The number of benzene rings is 1. The summed E-state index contributed by atoms with van der Waals surface area (Å²) in [5.41, 5.74) is 6.94. The molecular formula is C15H22N2O3S. The molecule has 0 radical (unpaired) electrons. The molecule has 5 nitrogen and oxygen atoms in total. The Hall–Kier alpha value is -1.53. The highest BCUT2D eigenvalue weighted by Gasteiger charge is 2.22. The molecule has 2 atom stereocenters. The Labute approximate surface area is 129 Å². The number of amides is 1. The molecule has 2 unspecified atom stereocenters. The lowest BCUT2D eigenvalue weighted by molar-refractivity contribution is -0.142. The molecule has 0 aliphatic heterocycles. The van der Waals surface area contributed by atoms with E-state index in [0.29, 0.717) is 25.0 Å². The summed E-state index contributed by atoms with van der Waals surface area (Å²) in [6.07, 6.45) is 3.47. The van der Waals surface area contributed by atoms with Crippen molar-refractivity contribution >= 4 is 23.6 Å². The van der Waals surface area contributed by atoms with Crippen molar-refractivity contribution in [3.8, 4) is 0 Å². The zero-order valence-electron chi connectivity index (χ0n) is 12.1. The average molecular weight is 310 g/mol. The summed E-state index contributed by atoms with van der Waals surface area (Å²) in [7, 11) is 0. The standard InChI is InChI=1S/C15H22N2O3S/c1-21-10-9-13(15(19)20)17-14(18)12(16)8-7-11-5-3-2-4-6-11/h2-6,12-13H,7-10,16H2,1H3,(H,17,18)(H,19,20). The molecule has 1 rings (SSSR count). The lowest BCUT2D eigenvalue weighted by atomic mass is 10.0. The van der Waals surface area contributed by atoms with E-state index in [1.165, 1.54) is 0 Å². The van der Waals surface area contributed by atoms with Crippen molar-refractivity contribution in [2.24, 2.45) is 5.73 Å². The zero-order valence-corrected chi connectivity index (χ0v) is 12.9. The van der Waals surface area contributed by atoms with E-state index in [0.717, 1.165) is 5.56 Å². The molecule has 0 saturated heterocycles. The molecule has 1 aromatic carbocycles. The fraction of sp³-hybridized carbons (Fsp3) is 0.467. The monoisotopic (exact) mass is 310 g/mol. The van der Waals surface area contributed by atoms with Crippen LogP contribution in [0.1, 0.15) is 18.4 Å². The van der Waals surface area contributed by atoms with E-state index in [1.807, 2.05) is 36.6 Å². The fourth-order valence-electron chi connectivity index (χ4n) is 1.87. The van der Waals surface area contributed by atoms with E-state index in [1.54, 1.807) is 11.8 Å².